The topological polar surface area (TPSA) is 91.4 Å². The Morgan fingerprint density at radius 1 is 0.742 bits per heavy atom. The van der Waals surface area contributed by atoms with Crippen LogP contribution in [0.3, 0.4) is 0 Å². The minimum absolute atomic E-state index is 0.0127. The number of esters is 3. The summed E-state index contributed by atoms with van der Waals surface area (Å²) in [5, 5.41) is 0. The van der Waals surface area contributed by atoms with Gasteiger partial charge in [-0.3, -0.25) is 0 Å². The molecule has 0 saturated heterocycles. The Hall–Kier alpha value is -3.81. The highest BCUT2D eigenvalue weighted by Crippen LogP contribution is 2.45. The summed E-state index contributed by atoms with van der Waals surface area (Å²) >= 11 is 0. The van der Waals surface area contributed by atoms with Crippen LogP contribution in [0.25, 0.3) is 0 Å². The maximum atomic E-state index is 12.9. The zero-order valence-electron chi connectivity index (χ0n) is 17.7. The van der Waals surface area contributed by atoms with Gasteiger partial charge in [0.25, 0.3) is 0 Å². The van der Waals surface area contributed by atoms with Crippen LogP contribution in [0.2, 0.25) is 0 Å². The van der Waals surface area contributed by atoms with Gasteiger partial charge in [-0.2, -0.15) is 0 Å². The number of carbonyl (C=O) groups is 3. The second-order valence-electron chi connectivity index (χ2n) is 6.65. The summed E-state index contributed by atoms with van der Waals surface area (Å²) in [5.41, 5.74) is 1.15. The van der Waals surface area contributed by atoms with Crippen molar-refractivity contribution < 1.29 is 33.3 Å². The molecule has 31 heavy (non-hydrogen) atoms. The van der Waals surface area contributed by atoms with Crippen molar-refractivity contribution >= 4 is 23.6 Å². The van der Waals surface area contributed by atoms with Gasteiger partial charge in [0.1, 0.15) is 5.75 Å². The van der Waals surface area contributed by atoms with Crippen molar-refractivity contribution in [3.8, 4) is 5.75 Å². The van der Waals surface area contributed by atoms with Gasteiger partial charge in [0, 0.05) is 5.69 Å². The molecule has 0 unspecified atom stereocenters. The van der Waals surface area contributed by atoms with Crippen molar-refractivity contribution in [1.82, 2.24) is 0 Å². The maximum absolute atomic E-state index is 12.9. The van der Waals surface area contributed by atoms with Crippen molar-refractivity contribution in [2.24, 2.45) is 0 Å². The van der Waals surface area contributed by atoms with Crippen LogP contribution < -0.4 is 9.64 Å². The number of nitrogens with zero attached hydrogens (tertiary/aromatic N) is 1. The Morgan fingerprint density at radius 2 is 1.32 bits per heavy atom. The molecule has 1 aliphatic heterocycles. The summed E-state index contributed by atoms with van der Waals surface area (Å²) in [7, 11) is 5.17. The number of methoxy groups -OCH3 is 4. The Labute approximate surface area is 180 Å². The minimum atomic E-state index is -1.21. The van der Waals surface area contributed by atoms with Crippen LogP contribution in [0, 0.1) is 0 Å². The first-order valence-electron chi connectivity index (χ1n) is 9.44. The van der Waals surface area contributed by atoms with Gasteiger partial charge in [-0.1, -0.05) is 30.3 Å². The van der Waals surface area contributed by atoms with Crippen molar-refractivity contribution in [2.45, 2.75) is 12.1 Å². The molecule has 0 spiro atoms. The van der Waals surface area contributed by atoms with Crippen LogP contribution in [-0.2, 0) is 28.6 Å². The highest BCUT2D eigenvalue weighted by atomic mass is 16.5. The fourth-order valence-electron chi connectivity index (χ4n) is 3.74. The Morgan fingerprint density at radius 3 is 1.84 bits per heavy atom. The molecule has 0 aliphatic carbocycles. The summed E-state index contributed by atoms with van der Waals surface area (Å²) in [5.74, 6) is -1.64. The lowest BCUT2D eigenvalue weighted by Gasteiger charge is -2.33. The molecule has 0 N–H and O–H groups in total. The molecule has 2 atom stereocenters. The van der Waals surface area contributed by atoms with E-state index < -0.39 is 30.0 Å². The Kier molecular flexibility index (Phi) is 6.59. The molecule has 0 fully saturated rings. The van der Waals surface area contributed by atoms with E-state index in [4.69, 9.17) is 18.9 Å². The molecule has 1 aliphatic rings. The summed E-state index contributed by atoms with van der Waals surface area (Å²) in [4.78, 5) is 40.2. The van der Waals surface area contributed by atoms with Crippen molar-refractivity contribution in [3.05, 3.63) is 71.3 Å². The average molecular weight is 425 g/mol. The molecular formula is C23H23NO7. The normalized spacial score (nSPS) is 17.9. The largest absolute Gasteiger partial charge is 0.497 e. The SMILES string of the molecule is COC(=O)C1=C(C(=O)OC)[C@@H](c2ccc(OC)cc2)N(c2ccccc2)[C@@H]1C(=O)OC. The molecule has 3 rings (SSSR count). The van der Waals surface area contributed by atoms with Crippen LogP contribution in [0.1, 0.15) is 11.6 Å². The lowest BCUT2D eigenvalue weighted by molar-refractivity contribution is -0.144. The van der Waals surface area contributed by atoms with Crippen molar-refractivity contribution in [3.63, 3.8) is 0 Å². The average Bonchev–Trinajstić information content (AvgIpc) is 3.19. The van der Waals surface area contributed by atoms with Crippen LogP contribution >= 0.6 is 0 Å². The van der Waals surface area contributed by atoms with E-state index in [1.807, 2.05) is 6.07 Å². The molecule has 8 nitrogen and oxygen atoms in total. The molecular weight excluding hydrogens is 402 g/mol. The van der Waals surface area contributed by atoms with E-state index in [1.165, 1.54) is 21.3 Å². The van der Waals surface area contributed by atoms with Gasteiger partial charge >= 0.3 is 17.9 Å². The van der Waals surface area contributed by atoms with E-state index in [0.29, 0.717) is 17.0 Å². The molecule has 0 radical (unpaired) electrons. The lowest BCUT2D eigenvalue weighted by Crippen LogP contribution is -2.42. The van der Waals surface area contributed by atoms with Gasteiger partial charge in [-0.25, -0.2) is 14.4 Å². The first-order valence-corrected chi connectivity index (χ1v) is 9.44. The van der Waals surface area contributed by atoms with E-state index in [1.54, 1.807) is 60.5 Å². The highest BCUT2D eigenvalue weighted by molar-refractivity contribution is 6.10. The third-order valence-electron chi connectivity index (χ3n) is 5.11. The second-order valence-corrected chi connectivity index (χ2v) is 6.65. The van der Waals surface area contributed by atoms with Gasteiger partial charge in [-0.15, -0.1) is 0 Å². The quantitative estimate of drug-likeness (QED) is 0.515. The predicted molar refractivity (Wildman–Crippen MR) is 112 cm³/mol. The Balaban J connectivity index is 2.33. The summed E-state index contributed by atoms with van der Waals surface area (Å²) in [6.07, 6.45) is 0. The number of hydrogen-bond donors (Lipinski definition) is 0. The number of hydrogen-bond acceptors (Lipinski definition) is 8. The minimum Gasteiger partial charge on any atom is -0.497 e. The fourth-order valence-corrected chi connectivity index (χ4v) is 3.74. The summed E-state index contributed by atoms with van der Waals surface area (Å²) in [6, 6.07) is 13.9. The van der Waals surface area contributed by atoms with Gasteiger partial charge in [0.2, 0.25) is 0 Å². The molecule has 8 heteroatoms. The third kappa shape index (κ3) is 3.96. The Bertz CT molecular complexity index is 998. The van der Waals surface area contributed by atoms with Crippen LogP contribution in [-0.4, -0.2) is 52.4 Å². The van der Waals surface area contributed by atoms with E-state index in [2.05, 4.69) is 0 Å². The van der Waals surface area contributed by atoms with E-state index in [-0.39, 0.29) is 11.1 Å². The van der Waals surface area contributed by atoms with Gasteiger partial charge in [0.15, 0.2) is 6.04 Å². The summed E-state index contributed by atoms with van der Waals surface area (Å²) in [6.45, 7) is 0. The smallest absolute Gasteiger partial charge is 0.337 e. The van der Waals surface area contributed by atoms with E-state index in [0.717, 1.165) is 0 Å². The summed E-state index contributed by atoms with van der Waals surface area (Å²) < 4.78 is 20.1. The van der Waals surface area contributed by atoms with E-state index >= 15 is 0 Å². The molecule has 0 amide bonds. The predicted octanol–water partition coefficient (Wildman–Crippen LogP) is 2.44. The number of anilines is 1. The van der Waals surface area contributed by atoms with Crippen molar-refractivity contribution in [2.75, 3.05) is 33.3 Å². The van der Waals surface area contributed by atoms with Crippen molar-refractivity contribution in [1.29, 1.82) is 0 Å². The zero-order valence-corrected chi connectivity index (χ0v) is 17.7. The molecule has 162 valence electrons. The molecule has 2 aromatic carbocycles. The van der Waals surface area contributed by atoms with Gasteiger partial charge < -0.3 is 23.8 Å². The first kappa shape index (κ1) is 21.9. The molecule has 0 aromatic heterocycles. The fraction of sp³-hybridized carbons (Fsp3) is 0.261. The van der Waals surface area contributed by atoms with Crippen LogP contribution in [0.4, 0.5) is 5.69 Å². The number of ether oxygens (including phenoxy) is 4. The van der Waals surface area contributed by atoms with Crippen LogP contribution in [0.5, 0.6) is 5.75 Å². The van der Waals surface area contributed by atoms with Crippen LogP contribution in [0.15, 0.2) is 65.7 Å². The zero-order chi connectivity index (χ0) is 22.5. The second kappa shape index (κ2) is 9.34. The third-order valence-corrected chi connectivity index (χ3v) is 5.11. The monoisotopic (exact) mass is 425 g/mol. The van der Waals surface area contributed by atoms with Gasteiger partial charge in [-0.05, 0) is 29.8 Å². The molecule has 0 bridgehead atoms. The highest BCUT2D eigenvalue weighted by Gasteiger charge is 2.51. The van der Waals surface area contributed by atoms with E-state index in [9.17, 15) is 14.4 Å². The lowest BCUT2D eigenvalue weighted by atomic mass is 9.96. The number of benzene rings is 2. The van der Waals surface area contributed by atoms with Gasteiger partial charge in [0.05, 0.1) is 45.6 Å². The molecule has 1 heterocycles. The molecule has 2 aromatic rings. The number of carbonyl (C=O) groups excluding carboxylic acids is 3. The standard InChI is InChI=1S/C23H23NO7/c1-28-16-12-10-14(11-13-16)19-17(21(25)29-2)18(22(26)30-3)20(23(27)31-4)24(19)15-8-6-5-7-9-15/h5-13,19-20H,1-4H3/t19-,20+/m1/s1. The number of para-hydroxylation sites is 1. The maximum Gasteiger partial charge on any atom is 0.337 e. The first-order chi connectivity index (χ1) is 15.0. The molecule has 0 saturated carbocycles. The number of rotatable bonds is 6.